The monoisotopic (exact) mass is 282 g/mol. The molecular formula is C14H22N2O2S. The maximum atomic E-state index is 11.8. The van der Waals surface area contributed by atoms with Gasteiger partial charge in [-0.15, -0.1) is 0 Å². The molecule has 1 amide bonds. The molecule has 0 saturated carbocycles. The summed E-state index contributed by atoms with van der Waals surface area (Å²) in [5, 5.41) is 2.81. The number of carbonyl (C=O) groups is 1. The summed E-state index contributed by atoms with van der Waals surface area (Å²) in [6, 6.07) is 6.88. The Kier molecular flexibility index (Phi) is 7.36. The molecule has 0 aliphatic carbocycles. The van der Waals surface area contributed by atoms with E-state index in [4.69, 9.17) is 10.5 Å². The van der Waals surface area contributed by atoms with Crippen molar-refractivity contribution in [2.24, 2.45) is 5.73 Å². The molecule has 1 aromatic carbocycles. The van der Waals surface area contributed by atoms with Gasteiger partial charge in [-0.3, -0.25) is 4.79 Å². The molecular weight excluding hydrogens is 260 g/mol. The maximum Gasteiger partial charge on any atom is 0.241 e. The zero-order chi connectivity index (χ0) is 14.1. The number of anilines is 1. The SMILES string of the molecule is CCCOc1ccc(NC(=O)[C@H](N)CCSC)cc1. The van der Waals surface area contributed by atoms with Crippen LogP contribution >= 0.6 is 11.8 Å². The topological polar surface area (TPSA) is 64.3 Å². The van der Waals surface area contributed by atoms with E-state index in [1.54, 1.807) is 11.8 Å². The summed E-state index contributed by atoms with van der Waals surface area (Å²) in [6.45, 7) is 2.76. The lowest BCUT2D eigenvalue weighted by Gasteiger charge is -2.12. The molecule has 0 unspecified atom stereocenters. The van der Waals surface area contributed by atoms with Gasteiger partial charge in [0.1, 0.15) is 5.75 Å². The van der Waals surface area contributed by atoms with E-state index in [1.165, 1.54) is 0 Å². The Morgan fingerprint density at radius 2 is 2.11 bits per heavy atom. The molecule has 0 aliphatic heterocycles. The average molecular weight is 282 g/mol. The average Bonchev–Trinajstić information content (AvgIpc) is 2.43. The number of benzene rings is 1. The van der Waals surface area contributed by atoms with Gasteiger partial charge in [-0.1, -0.05) is 6.92 Å². The van der Waals surface area contributed by atoms with Crippen LogP contribution in [0.2, 0.25) is 0 Å². The first-order chi connectivity index (χ1) is 9.17. The molecule has 0 spiro atoms. The Labute approximate surface area is 119 Å². The molecule has 1 rings (SSSR count). The molecule has 0 radical (unpaired) electrons. The van der Waals surface area contributed by atoms with E-state index in [-0.39, 0.29) is 5.91 Å². The van der Waals surface area contributed by atoms with E-state index < -0.39 is 6.04 Å². The number of nitrogens with two attached hydrogens (primary N) is 1. The minimum atomic E-state index is -0.455. The normalized spacial score (nSPS) is 11.9. The Balaban J connectivity index is 2.45. The highest BCUT2D eigenvalue weighted by molar-refractivity contribution is 7.98. The number of hydrogen-bond acceptors (Lipinski definition) is 4. The Hall–Kier alpha value is -1.20. The largest absolute Gasteiger partial charge is 0.494 e. The standard InChI is InChI=1S/C14H22N2O2S/c1-3-9-18-12-6-4-11(5-7-12)16-14(17)13(15)8-10-19-2/h4-7,13H,3,8-10,15H2,1-2H3,(H,16,17)/t13-/m1/s1. The van der Waals surface area contributed by atoms with Crippen LogP contribution in [-0.2, 0) is 4.79 Å². The second-order valence-corrected chi connectivity index (χ2v) is 5.24. The third kappa shape index (κ3) is 5.98. The first kappa shape index (κ1) is 15.9. The molecule has 0 bridgehead atoms. The molecule has 0 aliphatic rings. The number of carbonyl (C=O) groups excluding carboxylic acids is 1. The third-order valence-corrected chi connectivity index (χ3v) is 3.21. The van der Waals surface area contributed by atoms with Crippen molar-refractivity contribution in [1.82, 2.24) is 0 Å². The molecule has 1 atom stereocenters. The van der Waals surface area contributed by atoms with Crippen LogP contribution < -0.4 is 15.8 Å². The molecule has 5 heteroatoms. The highest BCUT2D eigenvalue weighted by Crippen LogP contribution is 2.16. The Bertz CT molecular complexity index is 382. The van der Waals surface area contributed by atoms with Crippen LogP contribution in [0.1, 0.15) is 19.8 Å². The van der Waals surface area contributed by atoms with Crippen LogP contribution in [0.5, 0.6) is 5.75 Å². The van der Waals surface area contributed by atoms with Crippen molar-refractivity contribution in [1.29, 1.82) is 0 Å². The van der Waals surface area contributed by atoms with E-state index in [1.807, 2.05) is 30.5 Å². The number of thioether (sulfide) groups is 1. The summed E-state index contributed by atoms with van der Waals surface area (Å²) in [5.41, 5.74) is 6.54. The summed E-state index contributed by atoms with van der Waals surface area (Å²) >= 11 is 1.69. The number of amides is 1. The predicted octanol–water partition coefficient (Wildman–Crippen LogP) is 2.49. The van der Waals surface area contributed by atoms with Gasteiger partial charge in [-0.25, -0.2) is 0 Å². The minimum absolute atomic E-state index is 0.142. The highest BCUT2D eigenvalue weighted by atomic mass is 32.2. The summed E-state index contributed by atoms with van der Waals surface area (Å²) in [7, 11) is 0. The summed E-state index contributed by atoms with van der Waals surface area (Å²) in [4.78, 5) is 11.8. The van der Waals surface area contributed by atoms with Gasteiger partial charge in [0.2, 0.25) is 5.91 Å². The van der Waals surface area contributed by atoms with E-state index >= 15 is 0 Å². The number of ether oxygens (including phenoxy) is 1. The van der Waals surface area contributed by atoms with Gasteiger partial charge >= 0.3 is 0 Å². The fourth-order valence-corrected chi connectivity index (χ4v) is 1.95. The molecule has 4 nitrogen and oxygen atoms in total. The summed E-state index contributed by atoms with van der Waals surface area (Å²) in [6.07, 6.45) is 3.66. The third-order valence-electron chi connectivity index (χ3n) is 2.56. The molecule has 0 aromatic heterocycles. The molecule has 106 valence electrons. The van der Waals surface area contributed by atoms with E-state index in [0.29, 0.717) is 13.0 Å². The Morgan fingerprint density at radius 1 is 1.42 bits per heavy atom. The van der Waals surface area contributed by atoms with Crippen molar-refractivity contribution in [3.05, 3.63) is 24.3 Å². The lowest BCUT2D eigenvalue weighted by molar-refractivity contribution is -0.117. The Morgan fingerprint density at radius 3 is 2.68 bits per heavy atom. The van der Waals surface area contributed by atoms with Crippen molar-refractivity contribution < 1.29 is 9.53 Å². The van der Waals surface area contributed by atoms with Crippen LogP contribution in [-0.4, -0.2) is 30.6 Å². The molecule has 0 fully saturated rings. The zero-order valence-corrected chi connectivity index (χ0v) is 12.3. The van der Waals surface area contributed by atoms with Crippen molar-refractivity contribution in [3.8, 4) is 5.75 Å². The quantitative estimate of drug-likeness (QED) is 0.769. The molecule has 0 heterocycles. The van der Waals surface area contributed by atoms with Gasteiger partial charge in [0, 0.05) is 5.69 Å². The molecule has 3 N–H and O–H groups in total. The fraction of sp³-hybridized carbons (Fsp3) is 0.500. The lowest BCUT2D eigenvalue weighted by atomic mass is 10.2. The molecule has 1 aromatic rings. The van der Waals surface area contributed by atoms with E-state index in [0.717, 1.165) is 23.6 Å². The first-order valence-electron chi connectivity index (χ1n) is 6.45. The molecule has 0 saturated heterocycles. The minimum Gasteiger partial charge on any atom is -0.494 e. The van der Waals surface area contributed by atoms with Crippen LogP contribution in [0.4, 0.5) is 5.69 Å². The van der Waals surface area contributed by atoms with E-state index in [2.05, 4.69) is 12.2 Å². The second kappa shape index (κ2) is 8.82. The zero-order valence-electron chi connectivity index (χ0n) is 11.5. The second-order valence-electron chi connectivity index (χ2n) is 4.25. The van der Waals surface area contributed by atoms with Crippen LogP contribution in [0, 0.1) is 0 Å². The summed E-state index contributed by atoms with van der Waals surface area (Å²) < 4.78 is 5.48. The van der Waals surface area contributed by atoms with Crippen molar-refractivity contribution in [2.75, 3.05) is 23.9 Å². The molecule has 19 heavy (non-hydrogen) atoms. The van der Waals surface area contributed by atoms with Gasteiger partial charge in [0.05, 0.1) is 12.6 Å². The van der Waals surface area contributed by atoms with Crippen molar-refractivity contribution >= 4 is 23.4 Å². The first-order valence-corrected chi connectivity index (χ1v) is 7.85. The van der Waals surface area contributed by atoms with E-state index in [9.17, 15) is 4.79 Å². The number of rotatable bonds is 8. The van der Waals surface area contributed by atoms with Crippen LogP contribution in [0.15, 0.2) is 24.3 Å². The summed E-state index contributed by atoms with van der Waals surface area (Å²) in [5.74, 6) is 1.56. The fourth-order valence-electron chi connectivity index (χ4n) is 1.47. The number of nitrogens with one attached hydrogen (secondary N) is 1. The van der Waals surface area contributed by atoms with Crippen molar-refractivity contribution in [3.63, 3.8) is 0 Å². The smallest absolute Gasteiger partial charge is 0.241 e. The van der Waals surface area contributed by atoms with Gasteiger partial charge in [0.25, 0.3) is 0 Å². The number of hydrogen-bond donors (Lipinski definition) is 2. The maximum absolute atomic E-state index is 11.8. The predicted molar refractivity (Wildman–Crippen MR) is 81.8 cm³/mol. The van der Waals surface area contributed by atoms with Gasteiger partial charge < -0.3 is 15.8 Å². The van der Waals surface area contributed by atoms with Gasteiger partial charge in [-0.05, 0) is 49.1 Å². The van der Waals surface area contributed by atoms with Crippen LogP contribution in [0.3, 0.4) is 0 Å². The van der Waals surface area contributed by atoms with Gasteiger partial charge in [-0.2, -0.15) is 11.8 Å². The highest BCUT2D eigenvalue weighted by Gasteiger charge is 2.12. The van der Waals surface area contributed by atoms with Crippen LogP contribution in [0.25, 0.3) is 0 Å². The lowest BCUT2D eigenvalue weighted by Crippen LogP contribution is -2.36. The van der Waals surface area contributed by atoms with Crippen molar-refractivity contribution in [2.45, 2.75) is 25.8 Å². The van der Waals surface area contributed by atoms with Gasteiger partial charge in [0.15, 0.2) is 0 Å².